The Bertz CT molecular complexity index is 871. The molecule has 5 heteroatoms. The molecule has 4 nitrogen and oxygen atoms in total. The van der Waals surface area contributed by atoms with E-state index < -0.39 is 6.10 Å². The second-order valence-corrected chi connectivity index (χ2v) is 6.76. The summed E-state index contributed by atoms with van der Waals surface area (Å²) in [4.78, 5) is 1.06. The highest BCUT2D eigenvalue weighted by molar-refractivity contribution is 7.11. The molecule has 0 bridgehead atoms. The van der Waals surface area contributed by atoms with Crippen molar-refractivity contribution in [3.63, 3.8) is 0 Å². The van der Waals surface area contributed by atoms with Crippen molar-refractivity contribution < 1.29 is 5.11 Å². The number of aliphatic hydroxyl groups excluding tert-OH is 1. The average Bonchev–Trinajstić information content (AvgIpc) is 3.01. The Morgan fingerprint density at radius 1 is 1.08 bits per heavy atom. The lowest BCUT2D eigenvalue weighted by molar-refractivity contribution is 0.199. The molecule has 0 spiro atoms. The molecular weight excluding hydrogens is 318 g/mol. The number of nitrogens with two attached hydrogens (primary N) is 3. The third-order valence-corrected chi connectivity index (χ3v) is 5.09. The molecule has 124 valence electrons. The molecule has 24 heavy (non-hydrogen) atoms. The van der Waals surface area contributed by atoms with Crippen molar-refractivity contribution in [2.24, 2.45) is 5.73 Å². The minimum Gasteiger partial charge on any atom is -0.399 e. The van der Waals surface area contributed by atoms with Gasteiger partial charge in [0.25, 0.3) is 0 Å². The highest BCUT2D eigenvalue weighted by Gasteiger charge is 2.17. The molecular formula is C19H21N3OS. The van der Waals surface area contributed by atoms with Gasteiger partial charge in [0, 0.05) is 39.5 Å². The quantitative estimate of drug-likeness (QED) is 0.544. The molecule has 0 radical (unpaired) electrons. The van der Waals surface area contributed by atoms with Crippen LogP contribution in [0.3, 0.4) is 0 Å². The molecule has 1 atom stereocenters. The van der Waals surface area contributed by atoms with Crippen LogP contribution in [0.25, 0.3) is 22.3 Å². The van der Waals surface area contributed by atoms with Gasteiger partial charge in [-0.15, -0.1) is 11.3 Å². The van der Waals surface area contributed by atoms with Crippen molar-refractivity contribution in [1.29, 1.82) is 0 Å². The highest BCUT2D eigenvalue weighted by Crippen LogP contribution is 2.42. The predicted octanol–water partition coefficient (Wildman–Crippen LogP) is 3.76. The summed E-state index contributed by atoms with van der Waals surface area (Å²) < 4.78 is 0. The zero-order chi connectivity index (χ0) is 17.3. The van der Waals surface area contributed by atoms with E-state index in [1.807, 2.05) is 36.4 Å². The first-order chi connectivity index (χ1) is 11.5. The number of hydrogen-bond donors (Lipinski definition) is 4. The first kappa shape index (κ1) is 16.5. The third-order valence-electron chi connectivity index (χ3n) is 4.08. The second kappa shape index (κ2) is 6.65. The van der Waals surface area contributed by atoms with E-state index in [1.54, 1.807) is 24.3 Å². The molecule has 1 heterocycles. The standard InChI is InChI=1S/C19H21N3OS/c1-11(23)12-3-2-4-13(7-12)16-10-24-18(9-20)19(16)15-8-14(21)5-6-17(15)22/h2-8,10-11,23H,9,20-22H2,1H3. The maximum atomic E-state index is 9.86. The molecule has 0 aliphatic rings. The van der Waals surface area contributed by atoms with Crippen LogP contribution >= 0.6 is 11.3 Å². The molecule has 1 unspecified atom stereocenters. The fourth-order valence-corrected chi connectivity index (χ4v) is 3.76. The maximum absolute atomic E-state index is 9.86. The summed E-state index contributed by atoms with van der Waals surface area (Å²) in [5.74, 6) is 0. The summed E-state index contributed by atoms with van der Waals surface area (Å²) in [7, 11) is 0. The number of thiophene rings is 1. The molecule has 0 saturated heterocycles. The van der Waals surface area contributed by atoms with E-state index >= 15 is 0 Å². The van der Waals surface area contributed by atoms with Crippen molar-refractivity contribution in [2.45, 2.75) is 19.6 Å². The number of nitrogen functional groups attached to an aromatic ring is 2. The van der Waals surface area contributed by atoms with Gasteiger partial charge in [-0.25, -0.2) is 0 Å². The van der Waals surface area contributed by atoms with Gasteiger partial charge in [0.2, 0.25) is 0 Å². The average molecular weight is 339 g/mol. The highest BCUT2D eigenvalue weighted by atomic mass is 32.1. The number of aliphatic hydroxyl groups is 1. The normalized spacial score (nSPS) is 12.3. The van der Waals surface area contributed by atoms with Gasteiger partial charge in [-0.1, -0.05) is 18.2 Å². The Hall–Kier alpha value is -2.34. The van der Waals surface area contributed by atoms with Crippen LogP contribution in [0.15, 0.2) is 47.8 Å². The fraction of sp³-hybridized carbons (Fsp3) is 0.158. The van der Waals surface area contributed by atoms with E-state index in [9.17, 15) is 5.11 Å². The van der Waals surface area contributed by atoms with E-state index in [-0.39, 0.29) is 0 Å². The van der Waals surface area contributed by atoms with Crippen LogP contribution in [0.1, 0.15) is 23.5 Å². The Balaban J connectivity index is 2.22. The number of hydrogen-bond acceptors (Lipinski definition) is 5. The van der Waals surface area contributed by atoms with Crippen molar-refractivity contribution in [1.82, 2.24) is 0 Å². The van der Waals surface area contributed by atoms with Gasteiger partial charge in [0.1, 0.15) is 0 Å². The minimum atomic E-state index is -0.515. The third kappa shape index (κ3) is 3.01. The molecule has 0 saturated carbocycles. The van der Waals surface area contributed by atoms with Crippen molar-refractivity contribution in [3.8, 4) is 22.3 Å². The number of rotatable bonds is 4. The van der Waals surface area contributed by atoms with E-state index in [2.05, 4.69) is 5.38 Å². The Labute approximate surface area is 145 Å². The van der Waals surface area contributed by atoms with Crippen LogP contribution in [0.5, 0.6) is 0 Å². The number of benzene rings is 2. The van der Waals surface area contributed by atoms with Gasteiger partial charge < -0.3 is 22.3 Å². The van der Waals surface area contributed by atoms with E-state index in [1.165, 1.54) is 0 Å². The van der Waals surface area contributed by atoms with Crippen LogP contribution in [0.4, 0.5) is 11.4 Å². The van der Waals surface area contributed by atoms with Gasteiger partial charge in [0.05, 0.1) is 6.10 Å². The van der Waals surface area contributed by atoms with Crippen LogP contribution in [0, 0.1) is 0 Å². The largest absolute Gasteiger partial charge is 0.399 e. The van der Waals surface area contributed by atoms with Gasteiger partial charge in [0.15, 0.2) is 0 Å². The summed E-state index contributed by atoms with van der Waals surface area (Å²) in [5, 5.41) is 11.9. The van der Waals surface area contributed by atoms with Crippen LogP contribution in [-0.4, -0.2) is 5.11 Å². The first-order valence-electron chi connectivity index (χ1n) is 7.75. The Morgan fingerprint density at radius 2 is 1.88 bits per heavy atom. The Morgan fingerprint density at radius 3 is 2.58 bits per heavy atom. The summed E-state index contributed by atoms with van der Waals surface area (Å²) in [5.41, 5.74) is 24.3. The van der Waals surface area contributed by atoms with E-state index in [0.29, 0.717) is 17.9 Å². The van der Waals surface area contributed by atoms with Gasteiger partial charge in [-0.2, -0.15) is 0 Å². The zero-order valence-corrected chi connectivity index (χ0v) is 14.3. The number of anilines is 2. The second-order valence-electron chi connectivity index (χ2n) is 5.80. The maximum Gasteiger partial charge on any atom is 0.0762 e. The first-order valence-corrected chi connectivity index (χ1v) is 8.63. The molecule has 1 aromatic heterocycles. The zero-order valence-electron chi connectivity index (χ0n) is 13.5. The van der Waals surface area contributed by atoms with Crippen LogP contribution in [-0.2, 0) is 6.54 Å². The molecule has 0 aliphatic heterocycles. The summed E-state index contributed by atoms with van der Waals surface area (Å²) >= 11 is 1.61. The smallest absolute Gasteiger partial charge is 0.0762 e. The topological polar surface area (TPSA) is 98.3 Å². The molecule has 2 aromatic carbocycles. The summed E-state index contributed by atoms with van der Waals surface area (Å²) in [6.45, 7) is 2.19. The van der Waals surface area contributed by atoms with E-state index in [0.717, 1.165) is 32.7 Å². The summed E-state index contributed by atoms with van der Waals surface area (Å²) in [6.07, 6.45) is -0.515. The molecule has 3 rings (SSSR count). The van der Waals surface area contributed by atoms with Crippen LogP contribution < -0.4 is 17.2 Å². The summed E-state index contributed by atoms with van der Waals surface area (Å²) in [6, 6.07) is 13.4. The van der Waals surface area contributed by atoms with Gasteiger partial charge in [-0.3, -0.25) is 0 Å². The van der Waals surface area contributed by atoms with Crippen LogP contribution in [0.2, 0.25) is 0 Å². The van der Waals surface area contributed by atoms with Crippen molar-refractivity contribution in [3.05, 3.63) is 58.3 Å². The monoisotopic (exact) mass is 339 g/mol. The molecule has 7 N–H and O–H groups in total. The SMILES string of the molecule is CC(O)c1cccc(-c2csc(CN)c2-c2cc(N)ccc2N)c1. The lowest BCUT2D eigenvalue weighted by atomic mass is 9.94. The van der Waals surface area contributed by atoms with E-state index in [4.69, 9.17) is 17.2 Å². The molecule has 3 aromatic rings. The lowest BCUT2D eigenvalue weighted by Crippen LogP contribution is -1.99. The predicted molar refractivity (Wildman–Crippen MR) is 103 cm³/mol. The lowest BCUT2D eigenvalue weighted by Gasteiger charge is -2.13. The Kier molecular flexibility index (Phi) is 4.57. The molecule has 0 aliphatic carbocycles. The molecule has 0 amide bonds. The van der Waals surface area contributed by atoms with Crippen molar-refractivity contribution in [2.75, 3.05) is 11.5 Å². The molecule has 0 fully saturated rings. The van der Waals surface area contributed by atoms with Gasteiger partial charge in [-0.05, 0) is 47.7 Å². The fourth-order valence-electron chi connectivity index (χ4n) is 2.81. The van der Waals surface area contributed by atoms with Gasteiger partial charge >= 0.3 is 0 Å². The minimum absolute atomic E-state index is 0.435. The van der Waals surface area contributed by atoms with Crippen molar-refractivity contribution >= 4 is 22.7 Å².